The number of hydrogen-bond acceptors (Lipinski definition) is 4. The topological polar surface area (TPSA) is 49.8 Å². The smallest absolute Gasteiger partial charge is 0.317 e. The van der Waals surface area contributed by atoms with Crippen LogP contribution in [-0.4, -0.2) is 49.0 Å². The van der Waals surface area contributed by atoms with Crippen LogP contribution in [0.15, 0.2) is 29.2 Å². The maximum absolute atomic E-state index is 10.4. The number of nitrogens with zero attached hydrogens (tertiary/aromatic N) is 1. The minimum atomic E-state index is -0.822. The van der Waals surface area contributed by atoms with Gasteiger partial charge in [-0.05, 0) is 37.6 Å². The fourth-order valence-corrected chi connectivity index (χ4v) is 1.71. The maximum Gasteiger partial charge on any atom is 0.317 e. The molecule has 94 valence electrons. The number of carboxylic acids is 1. The van der Waals surface area contributed by atoms with Gasteiger partial charge in [-0.1, -0.05) is 0 Å². The highest BCUT2D eigenvalue weighted by Gasteiger charge is 2.03. The van der Waals surface area contributed by atoms with Crippen LogP contribution in [0, 0.1) is 0 Å². The highest BCUT2D eigenvalue weighted by atomic mass is 32.2. The molecule has 5 heteroatoms. The van der Waals surface area contributed by atoms with Gasteiger partial charge in [-0.2, -0.15) is 0 Å². The van der Waals surface area contributed by atoms with Crippen molar-refractivity contribution in [1.82, 2.24) is 4.90 Å². The van der Waals surface area contributed by atoms with Gasteiger partial charge in [0, 0.05) is 11.4 Å². The second-order valence-corrected chi connectivity index (χ2v) is 4.54. The van der Waals surface area contributed by atoms with Gasteiger partial charge >= 0.3 is 5.97 Å². The Kier molecular flexibility index (Phi) is 5.86. The summed E-state index contributed by atoms with van der Waals surface area (Å²) in [7, 11) is 1.76. The Morgan fingerprint density at radius 1 is 1.41 bits per heavy atom. The summed E-state index contributed by atoms with van der Waals surface area (Å²) in [5.41, 5.74) is 0. The number of rotatable bonds is 7. The molecule has 0 saturated heterocycles. The van der Waals surface area contributed by atoms with Crippen molar-refractivity contribution in [3.63, 3.8) is 0 Å². The summed E-state index contributed by atoms with van der Waals surface area (Å²) in [4.78, 5) is 13.3. The number of likely N-dealkylation sites (N-methyl/N-ethyl adjacent to an activating group) is 1. The lowest BCUT2D eigenvalue weighted by Crippen LogP contribution is -2.29. The molecule has 0 aromatic heterocycles. The van der Waals surface area contributed by atoms with Gasteiger partial charge in [-0.25, -0.2) is 0 Å². The van der Waals surface area contributed by atoms with E-state index < -0.39 is 5.97 Å². The molecule has 0 bridgehead atoms. The first-order chi connectivity index (χ1) is 8.11. The van der Waals surface area contributed by atoms with Gasteiger partial charge in [0.15, 0.2) is 0 Å². The van der Waals surface area contributed by atoms with Crippen LogP contribution in [0.3, 0.4) is 0 Å². The maximum atomic E-state index is 10.4. The number of thioether (sulfide) groups is 1. The van der Waals surface area contributed by atoms with E-state index in [1.54, 1.807) is 23.7 Å². The lowest BCUT2D eigenvalue weighted by atomic mass is 10.3. The van der Waals surface area contributed by atoms with E-state index in [0.717, 1.165) is 5.75 Å². The average molecular weight is 255 g/mol. The Hall–Kier alpha value is -1.20. The van der Waals surface area contributed by atoms with E-state index in [9.17, 15) is 4.79 Å². The molecule has 1 aromatic rings. The van der Waals surface area contributed by atoms with Crippen LogP contribution in [-0.2, 0) is 4.79 Å². The molecule has 0 aliphatic heterocycles. The number of aliphatic carboxylic acids is 1. The highest BCUT2D eigenvalue weighted by Crippen LogP contribution is 2.18. The van der Waals surface area contributed by atoms with Crippen molar-refractivity contribution in [2.24, 2.45) is 0 Å². The third-order valence-corrected chi connectivity index (χ3v) is 2.95. The molecule has 0 unspecified atom stereocenters. The number of benzene rings is 1. The molecule has 4 nitrogen and oxygen atoms in total. The van der Waals surface area contributed by atoms with E-state index in [-0.39, 0.29) is 6.54 Å². The molecule has 1 N–H and O–H groups in total. The molecule has 0 atom stereocenters. The van der Waals surface area contributed by atoms with Crippen molar-refractivity contribution < 1.29 is 14.6 Å². The van der Waals surface area contributed by atoms with Gasteiger partial charge in [-0.15, -0.1) is 11.8 Å². The summed E-state index contributed by atoms with van der Waals surface area (Å²) in [5.74, 6) is -0.0108. The summed E-state index contributed by atoms with van der Waals surface area (Å²) >= 11 is 1.68. The molecule has 0 saturated carbocycles. The average Bonchev–Trinajstić information content (AvgIpc) is 2.29. The Balaban J connectivity index is 2.28. The summed E-state index contributed by atoms with van der Waals surface area (Å²) < 4.78 is 5.51. The molecule has 1 aromatic carbocycles. The molecule has 0 heterocycles. The van der Waals surface area contributed by atoms with Gasteiger partial charge in [0.25, 0.3) is 0 Å². The van der Waals surface area contributed by atoms with E-state index in [2.05, 4.69) is 0 Å². The molecule has 17 heavy (non-hydrogen) atoms. The molecule has 1 rings (SSSR count). The molecular weight excluding hydrogens is 238 g/mol. The van der Waals surface area contributed by atoms with E-state index in [1.807, 2.05) is 30.5 Å². The quantitative estimate of drug-likeness (QED) is 0.753. The lowest BCUT2D eigenvalue weighted by Gasteiger charge is -2.14. The van der Waals surface area contributed by atoms with E-state index in [1.165, 1.54) is 4.90 Å². The summed E-state index contributed by atoms with van der Waals surface area (Å²) in [6.45, 7) is 1.12. The molecule has 0 amide bonds. The Morgan fingerprint density at radius 3 is 2.59 bits per heavy atom. The SMILES string of the molecule is CSc1ccc(OCCN(C)CC(=O)O)cc1. The molecule has 0 aliphatic rings. The van der Waals surface area contributed by atoms with Crippen LogP contribution in [0.25, 0.3) is 0 Å². The molecule has 0 aliphatic carbocycles. The van der Waals surface area contributed by atoms with Crippen LogP contribution in [0.1, 0.15) is 0 Å². The lowest BCUT2D eigenvalue weighted by molar-refractivity contribution is -0.138. The zero-order valence-electron chi connectivity index (χ0n) is 10.0. The van der Waals surface area contributed by atoms with Gasteiger partial charge in [-0.3, -0.25) is 9.69 Å². The molecular formula is C12H17NO3S. The van der Waals surface area contributed by atoms with Gasteiger partial charge in [0.2, 0.25) is 0 Å². The predicted molar refractivity (Wildman–Crippen MR) is 68.9 cm³/mol. The van der Waals surface area contributed by atoms with Crippen LogP contribution >= 0.6 is 11.8 Å². The monoisotopic (exact) mass is 255 g/mol. The largest absolute Gasteiger partial charge is 0.492 e. The van der Waals surface area contributed by atoms with Crippen molar-refractivity contribution in [3.05, 3.63) is 24.3 Å². The molecule has 0 spiro atoms. The fourth-order valence-electron chi connectivity index (χ4n) is 1.30. The van der Waals surface area contributed by atoms with Crippen LogP contribution in [0.2, 0.25) is 0 Å². The first kappa shape index (κ1) is 13.9. The Labute approximate surface area is 106 Å². The minimum absolute atomic E-state index is 0.0365. The van der Waals surface area contributed by atoms with Crippen LogP contribution < -0.4 is 4.74 Å². The van der Waals surface area contributed by atoms with Crippen molar-refractivity contribution in [2.75, 3.05) is 33.0 Å². The normalized spacial score (nSPS) is 10.5. The minimum Gasteiger partial charge on any atom is -0.492 e. The molecule has 0 fully saturated rings. The van der Waals surface area contributed by atoms with Crippen molar-refractivity contribution in [3.8, 4) is 5.75 Å². The van der Waals surface area contributed by atoms with Crippen molar-refractivity contribution in [2.45, 2.75) is 4.90 Å². The van der Waals surface area contributed by atoms with Gasteiger partial charge in [0.1, 0.15) is 12.4 Å². The predicted octanol–water partition coefficient (Wildman–Crippen LogP) is 1.80. The first-order valence-electron chi connectivity index (χ1n) is 5.29. The summed E-state index contributed by atoms with van der Waals surface area (Å²) in [6, 6.07) is 7.84. The highest BCUT2D eigenvalue weighted by molar-refractivity contribution is 7.98. The van der Waals surface area contributed by atoms with E-state index >= 15 is 0 Å². The van der Waals surface area contributed by atoms with Crippen molar-refractivity contribution in [1.29, 1.82) is 0 Å². The second-order valence-electron chi connectivity index (χ2n) is 3.66. The van der Waals surface area contributed by atoms with Gasteiger partial charge < -0.3 is 9.84 Å². The number of hydrogen-bond donors (Lipinski definition) is 1. The number of carbonyl (C=O) groups is 1. The third-order valence-electron chi connectivity index (χ3n) is 2.21. The van der Waals surface area contributed by atoms with E-state index in [4.69, 9.17) is 9.84 Å². The Morgan fingerprint density at radius 2 is 2.06 bits per heavy atom. The number of ether oxygens (including phenoxy) is 1. The standard InChI is InChI=1S/C12H17NO3S/c1-13(9-12(14)15)7-8-16-10-3-5-11(17-2)6-4-10/h3-6H,7-9H2,1-2H3,(H,14,15). The first-order valence-corrected chi connectivity index (χ1v) is 6.51. The van der Waals surface area contributed by atoms with E-state index in [0.29, 0.717) is 13.2 Å². The van der Waals surface area contributed by atoms with Crippen molar-refractivity contribution >= 4 is 17.7 Å². The number of carboxylic acid groups (broad SMARTS) is 1. The zero-order valence-corrected chi connectivity index (χ0v) is 10.9. The summed E-state index contributed by atoms with van der Waals surface area (Å²) in [5, 5.41) is 8.57. The second kappa shape index (κ2) is 7.19. The van der Waals surface area contributed by atoms with Crippen LogP contribution in [0.4, 0.5) is 0 Å². The summed E-state index contributed by atoms with van der Waals surface area (Å²) in [6.07, 6.45) is 2.02. The van der Waals surface area contributed by atoms with Crippen LogP contribution in [0.5, 0.6) is 5.75 Å². The third kappa shape index (κ3) is 5.60. The zero-order chi connectivity index (χ0) is 12.7. The fraction of sp³-hybridized carbons (Fsp3) is 0.417. The molecule has 0 radical (unpaired) electrons. The van der Waals surface area contributed by atoms with Gasteiger partial charge in [0.05, 0.1) is 6.54 Å². The Bertz CT molecular complexity index is 353.